The van der Waals surface area contributed by atoms with Crippen molar-refractivity contribution < 1.29 is 4.79 Å². The summed E-state index contributed by atoms with van der Waals surface area (Å²) in [7, 11) is 3.32. The largest absolute Gasteiger partial charge is 0.343 e. The molecule has 0 saturated heterocycles. The second kappa shape index (κ2) is 3.98. The Morgan fingerprint density at radius 1 is 1.62 bits per heavy atom. The molecule has 1 rings (SSSR count). The molecule has 0 aromatic carbocycles. The van der Waals surface area contributed by atoms with Gasteiger partial charge in [-0.05, 0) is 6.07 Å². The van der Waals surface area contributed by atoms with Crippen LogP contribution in [-0.2, 0) is 0 Å². The lowest BCUT2D eigenvalue weighted by molar-refractivity contribution is 0.0818. The van der Waals surface area contributed by atoms with E-state index in [4.69, 9.17) is 11.6 Å². The molecule has 0 aliphatic rings. The topological polar surface area (TPSA) is 33.2 Å². The van der Waals surface area contributed by atoms with E-state index in [2.05, 4.69) is 17.6 Å². The molecular formula is C8H9ClN2OS. The van der Waals surface area contributed by atoms with Gasteiger partial charge in [-0.15, -0.1) is 12.6 Å². The van der Waals surface area contributed by atoms with Gasteiger partial charge in [-0.1, -0.05) is 11.6 Å². The van der Waals surface area contributed by atoms with Gasteiger partial charge in [0.25, 0.3) is 5.91 Å². The van der Waals surface area contributed by atoms with Gasteiger partial charge in [-0.3, -0.25) is 4.79 Å². The van der Waals surface area contributed by atoms with Crippen molar-refractivity contribution in [1.82, 2.24) is 9.88 Å². The van der Waals surface area contributed by atoms with Crippen molar-refractivity contribution in [2.45, 2.75) is 4.90 Å². The highest BCUT2D eigenvalue weighted by Crippen LogP contribution is 2.17. The number of halogens is 1. The number of pyridine rings is 1. The van der Waals surface area contributed by atoms with Crippen LogP contribution in [0.2, 0.25) is 5.02 Å². The maximum atomic E-state index is 11.4. The Hall–Kier alpha value is -0.740. The average molecular weight is 217 g/mol. The van der Waals surface area contributed by atoms with Gasteiger partial charge in [0.15, 0.2) is 0 Å². The van der Waals surface area contributed by atoms with Gasteiger partial charge < -0.3 is 4.90 Å². The Balaban J connectivity index is 3.09. The van der Waals surface area contributed by atoms with Crippen LogP contribution < -0.4 is 0 Å². The van der Waals surface area contributed by atoms with Crippen LogP contribution in [0.1, 0.15) is 10.5 Å². The van der Waals surface area contributed by atoms with Crippen molar-refractivity contribution in [3.05, 3.63) is 23.0 Å². The van der Waals surface area contributed by atoms with Crippen LogP contribution in [0.4, 0.5) is 0 Å². The highest BCUT2D eigenvalue weighted by atomic mass is 35.5. The van der Waals surface area contributed by atoms with Crippen LogP contribution in [0.25, 0.3) is 0 Å². The number of rotatable bonds is 1. The summed E-state index contributed by atoms with van der Waals surface area (Å²) < 4.78 is 0. The molecule has 3 nitrogen and oxygen atoms in total. The Morgan fingerprint density at radius 2 is 2.23 bits per heavy atom. The molecule has 5 heteroatoms. The summed E-state index contributed by atoms with van der Waals surface area (Å²) in [5.41, 5.74) is 0.317. The summed E-state index contributed by atoms with van der Waals surface area (Å²) in [5.74, 6) is -0.179. The Morgan fingerprint density at radius 3 is 2.69 bits per heavy atom. The molecule has 0 aliphatic carbocycles. The van der Waals surface area contributed by atoms with E-state index in [9.17, 15) is 4.79 Å². The molecule has 0 radical (unpaired) electrons. The predicted octanol–water partition coefficient (Wildman–Crippen LogP) is 1.73. The second-order valence-corrected chi connectivity index (χ2v) is 3.64. The van der Waals surface area contributed by atoms with E-state index in [1.54, 1.807) is 20.2 Å². The zero-order valence-corrected chi connectivity index (χ0v) is 8.93. The second-order valence-electron chi connectivity index (χ2n) is 2.72. The number of thiol groups is 1. The summed E-state index contributed by atoms with van der Waals surface area (Å²) in [5, 5.41) is 0.473. The quantitative estimate of drug-likeness (QED) is 0.726. The van der Waals surface area contributed by atoms with E-state index in [0.717, 1.165) is 0 Å². The first-order valence-corrected chi connectivity index (χ1v) is 4.41. The predicted molar refractivity (Wildman–Crippen MR) is 54.5 cm³/mol. The van der Waals surface area contributed by atoms with Gasteiger partial charge in [0.2, 0.25) is 0 Å². The summed E-state index contributed by atoms with van der Waals surface area (Å²) in [4.78, 5) is 17.3. The van der Waals surface area contributed by atoms with E-state index in [0.29, 0.717) is 15.6 Å². The molecule has 70 valence electrons. The van der Waals surface area contributed by atoms with E-state index < -0.39 is 0 Å². The molecule has 1 aromatic heterocycles. The average Bonchev–Trinajstić information content (AvgIpc) is 2.03. The normalized spacial score (nSPS) is 9.85. The smallest absolute Gasteiger partial charge is 0.273 e. The molecule has 1 heterocycles. The van der Waals surface area contributed by atoms with E-state index in [1.807, 2.05) is 0 Å². The third-order valence-corrected chi connectivity index (χ3v) is 1.99. The first-order chi connectivity index (χ1) is 6.02. The Labute approximate surface area is 87.1 Å². The fourth-order valence-electron chi connectivity index (χ4n) is 0.805. The van der Waals surface area contributed by atoms with Crippen LogP contribution in [0.5, 0.6) is 0 Å². The van der Waals surface area contributed by atoms with Gasteiger partial charge in [0, 0.05) is 25.2 Å². The van der Waals surface area contributed by atoms with Gasteiger partial charge in [-0.25, -0.2) is 4.98 Å². The minimum atomic E-state index is -0.179. The minimum absolute atomic E-state index is 0.179. The minimum Gasteiger partial charge on any atom is -0.343 e. The number of carbonyl (C=O) groups excluding carboxylic acids is 1. The number of nitrogens with zero attached hydrogens (tertiary/aromatic N) is 2. The maximum absolute atomic E-state index is 11.4. The Kier molecular flexibility index (Phi) is 3.17. The zero-order chi connectivity index (χ0) is 10.0. The summed E-state index contributed by atoms with van der Waals surface area (Å²) in [6.07, 6.45) is 1.43. The number of carbonyl (C=O) groups is 1. The standard InChI is InChI=1S/C8H9ClN2OS/c1-11(2)8(12)7-6(13)3-5(9)4-10-7/h3-4,13H,1-2H3. The maximum Gasteiger partial charge on any atom is 0.273 e. The number of hydrogen-bond donors (Lipinski definition) is 1. The molecule has 13 heavy (non-hydrogen) atoms. The molecule has 0 fully saturated rings. The van der Waals surface area contributed by atoms with Gasteiger partial charge >= 0.3 is 0 Å². The molecule has 0 saturated carbocycles. The third kappa shape index (κ3) is 2.35. The lowest BCUT2D eigenvalue weighted by Gasteiger charge is -2.10. The van der Waals surface area contributed by atoms with Gasteiger partial charge in [0.05, 0.1) is 5.02 Å². The highest BCUT2D eigenvalue weighted by molar-refractivity contribution is 7.80. The summed E-state index contributed by atoms with van der Waals surface area (Å²) >= 11 is 9.77. The molecule has 1 aromatic rings. The van der Waals surface area contributed by atoms with Crippen LogP contribution in [0.15, 0.2) is 17.2 Å². The molecule has 0 spiro atoms. The highest BCUT2D eigenvalue weighted by Gasteiger charge is 2.12. The monoisotopic (exact) mass is 216 g/mol. The molecule has 0 atom stereocenters. The van der Waals surface area contributed by atoms with E-state index in [1.165, 1.54) is 11.1 Å². The zero-order valence-electron chi connectivity index (χ0n) is 7.28. The number of hydrogen-bond acceptors (Lipinski definition) is 3. The molecular weight excluding hydrogens is 208 g/mol. The van der Waals surface area contributed by atoms with Crippen molar-refractivity contribution >= 4 is 30.1 Å². The van der Waals surface area contributed by atoms with E-state index in [-0.39, 0.29) is 5.91 Å². The van der Waals surface area contributed by atoms with E-state index >= 15 is 0 Å². The fraction of sp³-hybridized carbons (Fsp3) is 0.250. The number of aromatic nitrogens is 1. The summed E-state index contributed by atoms with van der Waals surface area (Å²) in [6.45, 7) is 0. The molecule has 1 amide bonds. The lowest BCUT2D eigenvalue weighted by Crippen LogP contribution is -2.23. The first-order valence-electron chi connectivity index (χ1n) is 3.58. The van der Waals surface area contributed by atoms with Crippen LogP contribution >= 0.6 is 24.2 Å². The van der Waals surface area contributed by atoms with Crippen molar-refractivity contribution in [3.63, 3.8) is 0 Å². The molecule has 0 N–H and O–H groups in total. The fourth-order valence-corrected chi connectivity index (χ4v) is 1.33. The van der Waals surface area contributed by atoms with Crippen molar-refractivity contribution in [3.8, 4) is 0 Å². The van der Waals surface area contributed by atoms with Gasteiger partial charge in [0.1, 0.15) is 5.69 Å². The van der Waals surface area contributed by atoms with Gasteiger partial charge in [-0.2, -0.15) is 0 Å². The van der Waals surface area contributed by atoms with Crippen LogP contribution in [-0.4, -0.2) is 29.9 Å². The number of amides is 1. The van der Waals surface area contributed by atoms with Crippen molar-refractivity contribution in [2.75, 3.05) is 14.1 Å². The molecule has 0 unspecified atom stereocenters. The lowest BCUT2D eigenvalue weighted by atomic mass is 10.3. The van der Waals surface area contributed by atoms with Crippen LogP contribution in [0, 0.1) is 0 Å². The summed E-state index contributed by atoms with van der Waals surface area (Å²) in [6, 6.07) is 1.59. The van der Waals surface area contributed by atoms with Crippen molar-refractivity contribution in [2.24, 2.45) is 0 Å². The molecule has 0 bridgehead atoms. The first kappa shape index (κ1) is 10.3. The molecule has 0 aliphatic heterocycles. The van der Waals surface area contributed by atoms with Crippen LogP contribution in [0.3, 0.4) is 0 Å². The third-order valence-electron chi connectivity index (χ3n) is 1.44. The Bertz CT molecular complexity index is 341. The van der Waals surface area contributed by atoms with Crippen molar-refractivity contribution in [1.29, 1.82) is 0 Å². The SMILES string of the molecule is CN(C)C(=O)c1ncc(Cl)cc1S.